The van der Waals surface area contributed by atoms with Crippen molar-refractivity contribution in [2.24, 2.45) is 0 Å². The highest BCUT2D eigenvalue weighted by molar-refractivity contribution is 5.88. The van der Waals surface area contributed by atoms with E-state index in [2.05, 4.69) is 6.92 Å². The molecular weight excluding hydrogens is 308 g/mol. The maximum atomic E-state index is 11.0. The van der Waals surface area contributed by atoms with Crippen LogP contribution in [-0.4, -0.2) is 30.9 Å². The molecule has 24 heavy (non-hydrogen) atoms. The normalized spacial score (nSPS) is 10.2. The van der Waals surface area contributed by atoms with Gasteiger partial charge in [-0.25, -0.2) is 4.79 Å². The number of carboxylic acids is 1. The molecule has 0 aliphatic heterocycles. The van der Waals surface area contributed by atoms with Gasteiger partial charge in [-0.15, -0.1) is 0 Å². The fraction of sp³-hybridized carbons (Fsp3) is 0.316. The lowest BCUT2D eigenvalue weighted by atomic mass is 10.2. The Balaban J connectivity index is 1.89. The zero-order chi connectivity index (χ0) is 17.4. The van der Waals surface area contributed by atoms with E-state index in [1.165, 1.54) is 17.7 Å². The molecule has 0 aliphatic carbocycles. The second-order valence-corrected chi connectivity index (χ2v) is 5.09. The van der Waals surface area contributed by atoms with E-state index in [0.29, 0.717) is 31.3 Å². The molecule has 1 N–H and O–H groups in total. The monoisotopic (exact) mass is 330 g/mol. The van der Waals surface area contributed by atoms with Crippen LogP contribution >= 0.6 is 0 Å². The summed E-state index contributed by atoms with van der Waals surface area (Å²) in [5.41, 5.74) is 1.43. The number of ether oxygens (including phenoxy) is 3. The molecule has 2 aromatic carbocycles. The second kappa shape index (κ2) is 8.82. The predicted octanol–water partition coefficient (Wildman–Crippen LogP) is 3.80. The summed E-state index contributed by atoms with van der Waals surface area (Å²) in [4.78, 5) is 11.0. The zero-order valence-corrected chi connectivity index (χ0v) is 14.0. The molecule has 128 valence electrons. The summed E-state index contributed by atoms with van der Waals surface area (Å²) < 4.78 is 16.7. The molecule has 5 heteroatoms. The van der Waals surface area contributed by atoms with E-state index in [1.807, 2.05) is 31.2 Å². The minimum atomic E-state index is -0.999. The van der Waals surface area contributed by atoms with Crippen LogP contribution in [0.3, 0.4) is 0 Å². The molecule has 0 bridgehead atoms. The minimum absolute atomic E-state index is 0.165. The molecule has 5 nitrogen and oxygen atoms in total. The smallest absolute Gasteiger partial charge is 0.335 e. The highest BCUT2D eigenvalue weighted by Crippen LogP contribution is 2.28. The van der Waals surface area contributed by atoms with Crippen molar-refractivity contribution in [3.05, 3.63) is 53.6 Å². The number of aromatic carboxylic acids is 1. The minimum Gasteiger partial charge on any atom is -0.490 e. The topological polar surface area (TPSA) is 65.0 Å². The number of carbonyl (C=O) groups is 1. The van der Waals surface area contributed by atoms with Gasteiger partial charge in [0.05, 0.1) is 12.2 Å². The maximum absolute atomic E-state index is 11.0. The van der Waals surface area contributed by atoms with Gasteiger partial charge < -0.3 is 19.3 Å². The highest BCUT2D eigenvalue weighted by Gasteiger charge is 2.10. The lowest BCUT2D eigenvalue weighted by molar-refractivity contribution is 0.0696. The van der Waals surface area contributed by atoms with Crippen molar-refractivity contribution >= 4 is 5.97 Å². The van der Waals surface area contributed by atoms with Crippen LogP contribution in [0, 0.1) is 0 Å². The van der Waals surface area contributed by atoms with Crippen molar-refractivity contribution < 1.29 is 24.1 Å². The zero-order valence-electron chi connectivity index (χ0n) is 14.0. The third kappa shape index (κ3) is 4.91. The summed E-state index contributed by atoms with van der Waals surface area (Å²) >= 11 is 0. The summed E-state index contributed by atoms with van der Waals surface area (Å²) in [7, 11) is 0. The molecule has 0 aromatic heterocycles. The SMILES string of the molecule is CCOc1cc(C(=O)O)ccc1OCCOc1ccc(CC)cc1. The van der Waals surface area contributed by atoms with Gasteiger partial charge in [0.25, 0.3) is 0 Å². The van der Waals surface area contributed by atoms with Crippen LogP contribution in [0.25, 0.3) is 0 Å². The summed E-state index contributed by atoms with van der Waals surface area (Å²) in [6.45, 7) is 5.09. The van der Waals surface area contributed by atoms with Crippen LogP contribution in [0.4, 0.5) is 0 Å². The molecular formula is C19H22O5. The molecule has 2 rings (SSSR count). The first kappa shape index (κ1) is 17.7. The van der Waals surface area contributed by atoms with Gasteiger partial charge in [-0.05, 0) is 49.2 Å². The van der Waals surface area contributed by atoms with Crippen molar-refractivity contribution in [3.8, 4) is 17.2 Å². The molecule has 0 radical (unpaired) electrons. The van der Waals surface area contributed by atoms with Crippen molar-refractivity contribution in [3.63, 3.8) is 0 Å². The Hall–Kier alpha value is -2.69. The molecule has 0 atom stereocenters. The van der Waals surface area contributed by atoms with E-state index in [-0.39, 0.29) is 5.56 Å². The Morgan fingerprint density at radius 3 is 2.25 bits per heavy atom. The van der Waals surface area contributed by atoms with Crippen LogP contribution < -0.4 is 14.2 Å². The van der Waals surface area contributed by atoms with E-state index in [1.54, 1.807) is 6.07 Å². The van der Waals surface area contributed by atoms with Crippen LogP contribution in [0.1, 0.15) is 29.8 Å². The molecule has 0 saturated carbocycles. The Bertz CT molecular complexity index is 664. The maximum Gasteiger partial charge on any atom is 0.335 e. The van der Waals surface area contributed by atoms with Gasteiger partial charge in [0.1, 0.15) is 19.0 Å². The Morgan fingerprint density at radius 1 is 0.917 bits per heavy atom. The van der Waals surface area contributed by atoms with Gasteiger partial charge in [0, 0.05) is 0 Å². The average molecular weight is 330 g/mol. The van der Waals surface area contributed by atoms with Crippen molar-refractivity contribution in [2.75, 3.05) is 19.8 Å². The Kier molecular flexibility index (Phi) is 6.49. The first-order valence-electron chi connectivity index (χ1n) is 7.98. The lowest BCUT2D eigenvalue weighted by Gasteiger charge is -2.13. The van der Waals surface area contributed by atoms with E-state index < -0.39 is 5.97 Å². The largest absolute Gasteiger partial charge is 0.490 e. The molecule has 0 unspecified atom stereocenters. The van der Waals surface area contributed by atoms with E-state index in [9.17, 15) is 4.79 Å². The standard InChI is InChI=1S/C19H22O5/c1-3-14-5-8-16(9-6-14)23-11-12-24-17-10-7-15(19(20)21)13-18(17)22-4-2/h5-10,13H,3-4,11-12H2,1-2H3,(H,20,21). The van der Waals surface area contributed by atoms with Gasteiger partial charge >= 0.3 is 5.97 Å². The number of carboxylic acid groups (broad SMARTS) is 1. The second-order valence-electron chi connectivity index (χ2n) is 5.09. The summed E-state index contributed by atoms with van der Waals surface area (Å²) in [6.07, 6.45) is 0.996. The predicted molar refractivity (Wildman–Crippen MR) is 91.4 cm³/mol. The fourth-order valence-corrected chi connectivity index (χ4v) is 2.16. The average Bonchev–Trinajstić information content (AvgIpc) is 2.60. The van der Waals surface area contributed by atoms with E-state index in [0.717, 1.165) is 12.2 Å². The number of aryl methyl sites for hydroxylation is 1. The molecule has 0 saturated heterocycles. The quantitative estimate of drug-likeness (QED) is 0.708. The number of benzene rings is 2. The summed E-state index contributed by atoms with van der Waals surface area (Å²) in [6, 6.07) is 12.5. The van der Waals surface area contributed by atoms with Gasteiger partial charge in [0.2, 0.25) is 0 Å². The van der Waals surface area contributed by atoms with Crippen LogP contribution in [0.2, 0.25) is 0 Å². The summed E-state index contributed by atoms with van der Waals surface area (Å²) in [5, 5.41) is 9.03. The van der Waals surface area contributed by atoms with Gasteiger partial charge in [-0.3, -0.25) is 0 Å². The number of hydrogen-bond donors (Lipinski definition) is 1. The molecule has 0 aliphatic rings. The first-order valence-corrected chi connectivity index (χ1v) is 7.98. The van der Waals surface area contributed by atoms with Crippen LogP contribution in [0.5, 0.6) is 17.2 Å². The fourth-order valence-electron chi connectivity index (χ4n) is 2.16. The lowest BCUT2D eigenvalue weighted by Crippen LogP contribution is -2.10. The van der Waals surface area contributed by atoms with Crippen LogP contribution in [0.15, 0.2) is 42.5 Å². The molecule has 0 spiro atoms. The number of hydrogen-bond acceptors (Lipinski definition) is 4. The van der Waals surface area contributed by atoms with Crippen molar-refractivity contribution in [2.45, 2.75) is 20.3 Å². The van der Waals surface area contributed by atoms with Gasteiger partial charge in [-0.1, -0.05) is 19.1 Å². The van der Waals surface area contributed by atoms with Crippen molar-refractivity contribution in [1.82, 2.24) is 0 Å². The van der Waals surface area contributed by atoms with Gasteiger partial charge in [-0.2, -0.15) is 0 Å². The molecule has 0 heterocycles. The van der Waals surface area contributed by atoms with E-state index in [4.69, 9.17) is 19.3 Å². The number of rotatable bonds is 9. The molecule has 0 amide bonds. The molecule has 0 fully saturated rings. The highest BCUT2D eigenvalue weighted by atomic mass is 16.5. The first-order chi connectivity index (χ1) is 11.6. The van der Waals surface area contributed by atoms with Crippen LogP contribution in [-0.2, 0) is 6.42 Å². The Labute approximate surface area is 141 Å². The third-order valence-corrected chi connectivity index (χ3v) is 3.43. The Morgan fingerprint density at radius 2 is 1.62 bits per heavy atom. The van der Waals surface area contributed by atoms with Gasteiger partial charge in [0.15, 0.2) is 11.5 Å². The third-order valence-electron chi connectivity index (χ3n) is 3.43. The summed E-state index contributed by atoms with van der Waals surface area (Å²) in [5.74, 6) is 0.722. The van der Waals surface area contributed by atoms with E-state index >= 15 is 0 Å². The van der Waals surface area contributed by atoms with Crippen molar-refractivity contribution in [1.29, 1.82) is 0 Å². The molecule has 2 aromatic rings.